The number of hydrogen-bond acceptors (Lipinski definition) is 6. The van der Waals surface area contributed by atoms with E-state index >= 15 is 0 Å². The number of hydrogen-bond donors (Lipinski definition) is 1. The molecule has 0 saturated heterocycles. The lowest BCUT2D eigenvalue weighted by Crippen LogP contribution is -2.10. The monoisotopic (exact) mass is 303 g/mol. The average Bonchev–Trinajstić information content (AvgIpc) is 3.11. The van der Waals surface area contributed by atoms with Crippen molar-refractivity contribution in [3.8, 4) is 0 Å². The van der Waals surface area contributed by atoms with E-state index in [0.29, 0.717) is 12.3 Å². The van der Waals surface area contributed by atoms with E-state index < -0.39 is 0 Å². The van der Waals surface area contributed by atoms with Gasteiger partial charge >= 0.3 is 0 Å². The molecular formula is C14H21N7O. The molecule has 0 bridgehead atoms. The van der Waals surface area contributed by atoms with E-state index in [1.54, 1.807) is 4.52 Å². The summed E-state index contributed by atoms with van der Waals surface area (Å²) < 4.78 is 4.02. The molecule has 8 nitrogen and oxygen atoms in total. The van der Waals surface area contributed by atoms with Crippen LogP contribution in [0.1, 0.15) is 36.8 Å². The predicted molar refractivity (Wildman–Crippen MR) is 82.3 cm³/mol. The minimum atomic E-state index is 0.526. The number of aromatic nitrogens is 6. The molecule has 22 heavy (non-hydrogen) atoms. The van der Waals surface area contributed by atoms with Crippen molar-refractivity contribution in [3.05, 3.63) is 17.1 Å². The zero-order chi connectivity index (χ0) is 15.7. The van der Waals surface area contributed by atoms with Crippen LogP contribution < -0.4 is 5.90 Å². The Kier molecular flexibility index (Phi) is 4.04. The van der Waals surface area contributed by atoms with Crippen molar-refractivity contribution in [1.82, 2.24) is 29.6 Å². The minimum absolute atomic E-state index is 0.526. The second kappa shape index (κ2) is 5.98. The van der Waals surface area contributed by atoms with Crippen molar-refractivity contribution in [2.24, 2.45) is 5.90 Å². The number of imidazole rings is 1. The second-order valence-corrected chi connectivity index (χ2v) is 5.48. The highest BCUT2D eigenvalue weighted by Gasteiger charge is 2.19. The molecule has 3 heterocycles. The Hall–Kier alpha value is -2.06. The summed E-state index contributed by atoms with van der Waals surface area (Å²) in [6.45, 7) is 7.61. The average molecular weight is 303 g/mol. The number of tetrazole rings is 1. The number of aryl methyl sites for hydroxylation is 4. The van der Waals surface area contributed by atoms with Crippen molar-refractivity contribution in [3.63, 3.8) is 0 Å². The van der Waals surface area contributed by atoms with Gasteiger partial charge < -0.3 is 9.40 Å². The minimum Gasteiger partial charge on any atom is -0.328 e. The van der Waals surface area contributed by atoms with Crippen LogP contribution in [0, 0.1) is 13.8 Å². The first-order chi connectivity index (χ1) is 10.7. The maximum Gasteiger partial charge on any atom is 0.207 e. The fourth-order valence-corrected chi connectivity index (χ4v) is 2.89. The van der Waals surface area contributed by atoms with Crippen LogP contribution in [0.25, 0.3) is 16.7 Å². The van der Waals surface area contributed by atoms with Crippen LogP contribution in [0.5, 0.6) is 0 Å². The number of rotatable bonds is 6. The molecule has 118 valence electrons. The molecular weight excluding hydrogens is 282 g/mol. The fourth-order valence-electron chi connectivity index (χ4n) is 2.89. The Balaban J connectivity index is 2.25. The molecule has 0 aliphatic heterocycles. The molecule has 0 spiro atoms. The first-order valence-corrected chi connectivity index (χ1v) is 7.57. The summed E-state index contributed by atoms with van der Waals surface area (Å²) in [5.74, 6) is 6.20. The molecule has 0 aliphatic rings. The summed E-state index contributed by atoms with van der Waals surface area (Å²) >= 11 is 0. The standard InChI is InChI=1S/C14H21N7O/c1-4-6-11-16-12-13(20(11)7-5-8-22-15)9(2)10(3)21-14(12)17-18-19-21/h4-8,15H2,1-3H3. The van der Waals surface area contributed by atoms with Gasteiger partial charge in [-0.2, -0.15) is 4.52 Å². The third-order valence-corrected chi connectivity index (χ3v) is 4.06. The Labute approximate surface area is 128 Å². The largest absolute Gasteiger partial charge is 0.328 e. The molecule has 3 aromatic heterocycles. The molecule has 0 atom stereocenters. The van der Waals surface area contributed by atoms with Crippen LogP contribution in [-0.2, 0) is 17.8 Å². The topological polar surface area (TPSA) is 96.1 Å². The number of fused-ring (bicyclic) bond motifs is 3. The Morgan fingerprint density at radius 3 is 2.82 bits per heavy atom. The highest BCUT2D eigenvalue weighted by molar-refractivity contribution is 5.91. The molecule has 0 radical (unpaired) electrons. The van der Waals surface area contributed by atoms with Gasteiger partial charge in [-0.3, -0.25) is 0 Å². The van der Waals surface area contributed by atoms with Gasteiger partial charge in [0.05, 0.1) is 12.1 Å². The lowest BCUT2D eigenvalue weighted by atomic mass is 10.2. The molecule has 8 heteroatoms. The van der Waals surface area contributed by atoms with Crippen molar-refractivity contribution in [1.29, 1.82) is 0 Å². The van der Waals surface area contributed by atoms with Gasteiger partial charge in [-0.05, 0) is 42.7 Å². The van der Waals surface area contributed by atoms with Crippen LogP contribution >= 0.6 is 0 Å². The van der Waals surface area contributed by atoms with Crippen LogP contribution in [-0.4, -0.2) is 36.2 Å². The number of nitrogens with two attached hydrogens (primary N) is 1. The van der Waals surface area contributed by atoms with Crippen molar-refractivity contribution in [2.45, 2.75) is 46.6 Å². The Morgan fingerprint density at radius 2 is 2.09 bits per heavy atom. The molecule has 3 aromatic rings. The molecule has 0 aromatic carbocycles. The van der Waals surface area contributed by atoms with Crippen LogP contribution in [0.4, 0.5) is 0 Å². The number of pyridine rings is 1. The summed E-state index contributed by atoms with van der Waals surface area (Å²) in [4.78, 5) is 9.50. The van der Waals surface area contributed by atoms with E-state index in [0.717, 1.165) is 53.9 Å². The molecule has 0 saturated carbocycles. The van der Waals surface area contributed by atoms with Crippen molar-refractivity contribution in [2.75, 3.05) is 6.61 Å². The predicted octanol–water partition coefficient (Wildman–Crippen LogP) is 1.32. The highest BCUT2D eigenvalue weighted by Crippen LogP contribution is 2.26. The van der Waals surface area contributed by atoms with Gasteiger partial charge in [0.25, 0.3) is 0 Å². The van der Waals surface area contributed by atoms with Crippen LogP contribution in [0.3, 0.4) is 0 Å². The Bertz CT molecular complexity index is 805. The Morgan fingerprint density at radius 1 is 1.27 bits per heavy atom. The summed E-state index contributed by atoms with van der Waals surface area (Å²) in [5.41, 5.74) is 4.87. The van der Waals surface area contributed by atoms with E-state index in [-0.39, 0.29) is 0 Å². The smallest absolute Gasteiger partial charge is 0.207 e. The maximum atomic E-state index is 5.14. The molecule has 2 N–H and O–H groups in total. The molecule has 3 rings (SSSR count). The van der Waals surface area contributed by atoms with E-state index in [1.165, 1.54) is 0 Å². The van der Waals surface area contributed by atoms with Crippen LogP contribution in [0.15, 0.2) is 0 Å². The lowest BCUT2D eigenvalue weighted by molar-refractivity contribution is 0.132. The lowest BCUT2D eigenvalue weighted by Gasteiger charge is -2.11. The molecule has 0 fully saturated rings. The van der Waals surface area contributed by atoms with Crippen molar-refractivity contribution < 1.29 is 4.84 Å². The quantitative estimate of drug-likeness (QED) is 0.545. The van der Waals surface area contributed by atoms with Gasteiger partial charge in [-0.15, -0.1) is 5.10 Å². The summed E-state index contributed by atoms with van der Waals surface area (Å²) in [7, 11) is 0. The second-order valence-electron chi connectivity index (χ2n) is 5.48. The van der Waals surface area contributed by atoms with Gasteiger partial charge in [0.1, 0.15) is 11.3 Å². The van der Waals surface area contributed by atoms with E-state index in [9.17, 15) is 0 Å². The zero-order valence-corrected chi connectivity index (χ0v) is 13.2. The SMILES string of the molecule is CCCc1nc2c(c(C)c(C)n3nnnc23)n1CCCON. The van der Waals surface area contributed by atoms with Gasteiger partial charge in [0.2, 0.25) is 5.65 Å². The van der Waals surface area contributed by atoms with Gasteiger partial charge in [-0.1, -0.05) is 6.92 Å². The normalized spacial score (nSPS) is 11.8. The zero-order valence-electron chi connectivity index (χ0n) is 13.2. The first-order valence-electron chi connectivity index (χ1n) is 7.57. The third-order valence-electron chi connectivity index (χ3n) is 4.06. The third kappa shape index (κ3) is 2.24. The summed E-state index contributed by atoms with van der Waals surface area (Å²) in [6, 6.07) is 0. The molecule has 0 unspecified atom stereocenters. The van der Waals surface area contributed by atoms with Gasteiger partial charge in [-0.25, -0.2) is 10.9 Å². The van der Waals surface area contributed by atoms with Gasteiger partial charge in [0.15, 0.2) is 0 Å². The fraction of sp³-hybridized carbons (Fsp3) is 0.571. The van der Waals surface area contributed by atoms with Crippen LogP contribution in [0.2, 0.25) is 0 Å². The highest BCUT2D eigenvalue weighted by atomic mass is 16.6. The van der Waals surface area contributed by atoms with Crippen molar-refractivity contribution >= 4 is 16.7 Å². The summed E-state index contributed by atoms with van der Waals surface area (Å²) in [6.07, 6.45) is 2.80. The number of nitrogens with zero attached hydrogens (tertiary/aromatic N) is 6. The van der Waals surface area contributed by atoms with E-state index in [4.69, 9.17) is 15.7 Å². The van der Waals surface area contributed by atoms with E-state index in [2.05, 4.69) is 33.9 Å². The molecule has 0 aliphatic carbocycles. The maximum absolute atomic E-state index is 5.14. The van der Waals surface area contributed by atoms with Gasteiger partial charge in [0, 0.05) is 18.7 Å². The first kappa shape index (κ1) is 14.9. The summed E-state index contributed by atoms with van der Waals surface area (Å²) in [5, 5.41) is 12.0. The van der Waals surface area contributed by atoms with E-state index in [1.807, 2.05) is 6.92 Å². The molecule has 0 amide bonds.